The van der Waals surface area contributed by atoms with Crippen LogP contribution in [0.1, 0.15) is 55.0 Å². The molecule has 1 saturated heterocycles. The molecule has 1 fully saturated rings. The first-order valence-corrected chi connectivity index (χ1v) is 15.1. The van der Waals surface area contributed by atoms with E-state index >= 15 is 0 Å². The molecule has 0 aromatic heterocycles. The largest absolute Gasteiger partial charge is 0.444 e. The van der Waals surface area contributed by atoms with E-state index in [0.717, 1.165) is 28.8 Å². The highest BCUT2D eigenvalue weighted by Crippen LogP contribution is 2.31. The van der Waals surface area contributed by atoms with Crippen molar-refractivity contribution in [2.45, 2.75) is 77.0 Å². The average molecular weight is 622 g/mol. The summed E-state index contributed by atoms with van der Waals surface area (Å²) in [6, 6.07) is 21.0. The lowest BCUT2D eigenvalue weighted by atomic mass is 9.92. The molecule has 0 unspecified atom stereocenters. The van der Waals surface area contributed by atoms with Gasteiger partial charge in [-0.2, -0.15) is 13.2 Å². The van der Waals surface area contributed by atoms with Crippen LogP contribution in [-0.2, 0) is 46.4 Å². The van der Waals surface area contributed by atoms with Crippen molar-refractivity contribution in [3.63, 3.8) is 0 Å². The minimum Gasteiger partial charge on any atom is -0.444 e. The van der Waals surface area contributed by atoms with Crippen LogP contribution in [0.2, 0.25) is 0 Å². The van der Waals surface area contributed by atoms with Gasteiger partial charge in [0.15, 0.2) is 0 Å². The van der Waals surface area contributed by atoms with Crippen LogP contribution >= 0.6 is 0 Å². The number of carbonyl (C=O) groups excluding carboxylic acids is 3. The second kappa shape index (κ2) is 12.9. The smallest absolute Gasteiger partial charge is 0.416 e. The molecular weight excluding hydrogens is 583 g/mol. The summed E-state index contributed by atoms with van der Waals surface area (Å²) in [7, 11) is 0. The maximum Gasteiger partial charge on any atom is 0.416 e. The molecule has 3 aromatic carbocycles. The van der Waals surface area contributed by atoms with E-state index in [0.29, 0.717) is 18.4 Å². The molecule has 0 spiro atoms. The Hall–Kier alpha value is -4.34. The first-order chi connectivity index (χ1) is 21.3. The summed E-state index contributed by atoms with van der Waals surface area (Å²) in [5.41, 5.74) is 1.74. The predicted molar refractivity (Wildman–Crippen MR) is 163 cm³/mol. The highest BCUT2D eigenvalue weighted by atomic mass is 19.4. The summed E-state index contributed by atoms with van der Waals surface area (Å²) in [6.45, 7) is 5.43. The van der Waals surface area contributed by atoms with E-state index in [2.05, 4.69) is 0 Å². The van der Waals surface area contributed by atoms with Gasteiger partial charge in [0.25, 0.3) is 0 Å². The Kier molecular flexibility index (Phi) is 9.23. The van der Waals surface area contributed by atoms with Crippen LogP contribution < -0.4 is 0 Å². The highest BCUT2D eigenvalue weighted by molar-refractivity contribution is 5.91. The quantitative estimate of drug-likeness (QED) is 0.327. The van der Waals surface area contributed by atoms with Gasteiger partial charge >= 0.3 is 12.3 Å². The Balaban J connectivity index is 1.41. The molecule has 0 saturated carbocycles. The van der Waals surface area contributed by atoms with Crippen LogP contribution in [0.4, 0.5) is 18.0 Å². The van der Waals surface area contributed by atoms with Crippen molar-refractivity contribution in [3.8, 4) is 0 Å². The van der Waals surface area contributed by atoms with E-state index in [1.807, 2.05) is 54.6 Å². The number of alkyl halides is 3. The molecule has 3 aromatic rings. The summed E-state index contributed by atoms with van der Waals surface area (Å²) in [5.74, 6) is -0.711. The minimum absolute atomic E-state index is 0.00885. The normalized spacial score (nSPS) is 18.9. The molecule has 0 bridgehead atoms. The van der Waals surface area contributed by atoms with Crippen molar-refractivity contribution in [2.75, 3.05) is 13.1 Å². The molecule has 238 valence electrons. The lowest BCUT2D eigenvalue weighted by molar-refractivity contribution is -0.152. The van der Waals surface area contributed by atoms with Gasteiger partial charge in [-0.25, -0.2) is 4.79 Å². The summed E-state index contributed by atoms with van der Waals surface area (Å²) in [6.07, 6.45) is -3.72. The molecule has 0 N–H and O–H groups in total. The number of rotatable bonds is 6. The molecular formula is C35H38F3N3O4. The Morgan fingerprint density at radius 2 is 1.53 bits per heavy atom. The molecule has 0 aliphatic carbocycles. The summed E-state index contributed by atoms with van der Waals surface area (Å²) < 4.78 is 46.0. The van der Waals surface area contributed by atoms with E-state index in [9.17, 15) is 27.6 Å². The Bertz CT molecular complexity index is 1540. The lowest BCUT2D eigenvalue weighted by Gasteiger charge is -2.44. The zero-order valence-electron chi connectivity index (χ0n) is 25.7. The van der Waals surface area contributed by atoms with Crippen molar-refractivity contribution in [1.82, 2.24) is 14.7 Å². The van der Waals surface area contributed by atoms with E-state index in [4.69, 9.17) is 4.74 Å². The second-order valence-corrected chi connectivity index (χ2v) is 12.7. The maximum atomic E-state index is 14.2. The third-order valence-corrected chi connectivity index (χ3v) is 8.21. The summed E-state index contributed by atoms with van der Waals surface area (Å²) >= 11 is 0. The number of nitrogens with zero attached hydrogens (tertiary/aromatic N) is 3. The van der Waals surface area contributed by atoms with E-state index < -0.39 is 35.5 Å². The fourth-order valence-electron chi connectivity index (χ4n) is 6.00. The Labute approximate surface area is 261 Å². The van der Waals surface area contributed by atoms with Crippen LogP contribution in [0.15, 0.2) is 78.9 Å². The fraction of sp³-hybridized carbons (Fsp3) is 0.400. The second-order valence-electron chi connectivity index (χ2n) is 12.7. The molecule has 2 heterocycles. The third-order valence-electron chi connectivity index (χ3n) is 8.21. The Morgan fingerprint density at radius 1 is 0.867 bits per heavy atom. The lowest BCUT2D eigenvalue weighted by Crippen LogP contribution is -2.62. The van der Waals surface area contributed by atoms with E-state index in [-0.39, 0.29) is 44.4 Å². The maximum absolute atomic E-state index is 14.2. The third kappa shape index (κ3) is 7.85. The van der Waals surface area contributed by atoms with E-state index in [1.54, 1.807) is 31.7 Å². The SMILES string of the molecule is CC(C)(C)OC(=O)N1Cc2ccccc2C[C@H]1C(=O)N1CC(=O)N(Cc2cccc(C(F)(F)F)c2)[C@@H](CCc2ccccc2)C1. The number of hydrogen-bond donors (Lipinski definition) is 0. The molecule has 2 atom stereocenters. The Morgan fingerprint density at radius 3 is 2.22 bits per heavy atom. The number of halogens is 3. The van der Waals surface area contributed by atoms with Crippen LogP contribution in [-0.4, -0.2) is 63.4 Å². The standard InChI is InChI=1S/C35H38F3N3O4/c1-34(2,3)45-33(44)41-21-27-14-8-7-13-26(27)19-30(41)32(43)39-22-29(17-16-24-10-5-4-6-11-24)40(31(42)23-39)20-25-12-9-15-28(18-25)35(36,37)38/h4-15,18,29-30H,16-17,19-23H2,1-3H3/t29-,30-/m0/s1. The number of hydrogen-bond acceptors (Lipinski definition) is 4. The molecule has 0 radical (unpaired) electrons. The van der Waals surface area contributed by atoms with Crippen LogP contribution in [0.5, 0.6) is 0 Å². The van der Waals surface area contributed by atoms with Gasteiger partial charge < -0.3 is 14.5 Å². The summed E-state index contributed by atoms with van der Waals surface area (Å²) in [4.78, 5) is 45.8. The van der Waals surface area contributed by atoms with Gasteiger partial charge in [0.2, 0.25) is 11.8 Å². The van der Waals surface area contributed by atoms with Gasteiger partial charge in [-0.1, -0.05) is 66.7 Å². The van der Waals surface area contributed by atoms with Gasteiger partial charge in [0, 0.05) is 19.5 Å². The number of amides is 3. The van der Waals surface area contributed by atoms with Crippen LogP contribution in [0.25, 0.3) is 0 Å². The fourth-order valence-corrected chi connectivity index (χ4v) is 6.00. The highest BCUT2D eigenvalue weighted by Gasteiger charge is 2.42. The van der Waals surface area contributed by atoms with Crippen LogP contribution in [0.3, 0.4) is 0 Å². The average Bonchev–Trinajstić information content (AvgIpc) is 2.99. The number of aryl methyl sites for hydroxylation is 1. The molecule has 5 rings (SSSR count). The first-order valence-electron chi connectivity index (χ1n) is 15.1. The van der Waals surface area contributed by atoms with Crippen molar-refractivity contribution in [3.05, 3.63) is 107 Å². The zero-order valence-corrected chi connectivity index (χ0v) is 25.7. The number of piperazine rings is 1. The molecule has 3 amide bonds. The first kappa shape index (κ1) is 32.1. The molecule has 7 nitrogen and oxygen atoms in total. The molecule has 45 heavy (non-hydrogen) atoms. The molecule has 2 aliphatic rings. The van der Waals surface area contributed by atoms with Gasteiger partial charge in [-0.15, -0.1) is 0 Å². The van der Waals surface area contributed by atoms with Crippen molar-refractivity contribution >= 4 is 17.9 Å². The number of fused-ring (bicyclic) bond motifs is 1. The van der Waals surface area contributed by atoms with Crippen molar-refractivity contribution in [2.24, 2.45) is 0 Å². The minimum atomic E-state index is -4.50. The molecule has 2 aliphatic heterocycles. The number of benzene rings is 3. The van der Waals surface area contributed by atoms with Gasteiger partial charge in [0.05, 0.1) is 24.7 Å². The van der Waals surface area contributed by atoms with Gasteiger partial charge in [-0.05, 0) is 68.0 Å². The van der Waals surface area contributed by atoms with Crippen LogP contribution in [0, 0.1) is 0 Å². The summed E-state index contributed by atoms with van der Waals surface area (Å²) in [5, 5.41) is 0. The zero-order chi connectivity index (χ0) is 32.4. The number of carbonyl (C=O) groups is 3. The topological polar surface area (TPSA) is 70.2 Å². The van der Waals surface area contributed by atoms with Gasteiger partial charge in [0.1, 0.15) is 11.6 Å². The van der Waals surface area contributed by atoms with E-state index in [1.165, 1.54) is 15.9 Å². The molecule has 10 heteroatoms. The monoisotopic (exact) mass is 621 g/mol. The number of ether oxygens (including phenoxy) is 1. The van der Waals surface area contributed by atoms with Gasteiger partial charge in [-0.3, -0.25) is 14.5 Å². The van der Waals surface area contributed by atoms with Crippen molar-refractivity contribution in [1.29, 1.82) is 0 Å². The predicted octanol–water partition coefficient (Wildman–Crippen LogP) is 6.24. The van der Waals surface area contributed by atoms with Crippen molar-refractivity contribution < 1.29 is 32.3 Å².